The van der Waals surface area contributed by atoms with Gasteiger partial charge in [-0.2, -0.15) is 0 Å². The number of aromatic nitrogens is 2. The van der Waals surface area contributed by atoms with Gasteiger partial charge in [0.05, 0.1) is 0 Å². The summed E-state index contributed by atoms with van der Waals surface area (Å²) in [6.07, 6.45) is 2.87. The highest BCUT2D eigenvalue weighted by molar-refractivity contribution is 5.81. The van der Waals surface area contributed by atoms with Gasteiger partial charge < -0.3 is 9.47 Å². The second-order valence-corrected chi connectivity index (χ2v) is 4.03. The van der Waals surface area contributed by atoms with Gasteiger partial charge in [-0.15, -0.1) is 7.05 Å². The molecular formula is C12H13N3-2. The highest BCUT2D eigenvalue weighted by Crippen LogP contribution is 2.28. The fourth-order valence-corrected chi connectivity index (χ4v) is 2.30. The summed E-state index contributed by atoms with van der Waals surface area (Å²) in [4.78, 5) is 6.51. The monoisotopic (exact) mass is 199 g/mol. The molecule has 0 N–H and O–H groups in total. The van der Waals surface area contributed by atoms with Gasteiger partial charge in [-0.25, -0.2) is 0 Å². The minimum atomic E-state index is 0.870. The van der Waals surface area contributed by atoms with Crippen LogP contribution in [0.4, 0.5) is 0 Å². The quantitative estimate of drug-likeness (QED) is 0.603. The van der Waals surface area contributed by atoms with Crippen molar-refractivity contribution < 1.29 is 0 Å². The number of nitrogens with zero attached hydrogens (tertiary/aromatic N) is 3. The van der Waals surface area contributed by atoms with E-state index in [9.17, 15) is 0 Å². The molecule has 0 radical (unpaired) electrons. The zero-order valence-corrected chi connectivity index (χ0v) is 8.61. The summed E-state index contributed by atoms with van der Waals surface area (Å²) >= 11 is 0. The van der Waals surface area contributed by atoms with Crippen LogP contribution in [0.25, 0.3) is 11.0 Å². The Morgan fingerprint density at radius 1 is 1.33 bits per heavy atom. The molecule has 0 amide bonds. The molecule has 0 unspecified atom stereocenters. The van der Waals surface area contributed by atoms with Crippen LogP contribution in [-0.2, 0) is 13.0 Å². The largest absolute Gasteiger partial charge is 0.482 e. The maximum Gasteiger partial charge on any atom is 0.0253 e. The van der Waals surface area contributed by atoms with E-state index in [2.05, 4.69) is 30.0 Å². The van der Waals surface area contributed by atoms with Crippen LogP contribution in [0.2, 0.25) is 0 Å². The van der Waals surface area contributed by atoms with Gasteiger partial charge in [0, 0.05) is 11.7 Å². The molecule has 0 saturated carbocycles. The molecule has 1 aliphatic heterocycles. The Morgan fingerprint density at radius 3 is 3.07 bits per heavy atom. The Balaban J connectivity index is 2.32. The normalized spacial score (nSPS) is 16.9. The molecule has 3 rings (SSSR count). The predicted molar refractivity (Wildman–Crippen MR) is 60.0 cm³/mol. The van der Waals surface area contributed by atoms with Gasteiger partial charge in [-0.1, -0.05) is 23.4 Å². The van der Waals surface area contributed by atoms with E-state index in [1.165, 1.54) is 11.3 Å². The van der Waals surface area contributed by atoms with E-state index in [0.717, 1.165) is 30.5 Å². The molecule has 0 atom stereocenters. The zero-order chi connectivity index (χ0) is 10.4. The molecule has 15 heavy (non-hydrogen) atoms. The molecule has 3 nitrogen and oxygen atoms in total. The van der Waals surface area contributed by atoms with Crippen molar-refractivity contribution in [3.05, 3.63) is 43.7 Å². The molecule has 0 fully saturated rings. The smallest absolute Gasteiger partial charge is 0.0253 e. The fourth-order valence-electron chi connectivity index (χ4n) is 2.30. The van der Waals surface area contributed by atoms with Crippen LogP contribution in [0.5, 0.6) is 0 Å². The van der Waals surface area contributed by atoms with Crippen LogP contribution >= 0.6 is 0 Å². The minimum absolute atomic E-state index is 0.870. The van der Waals surface area contributed by atoms with Crippen molar-refractivity contribution in [2.24, 2.45) is 0 Å². The average molecular weight is 199 g/mol. The van der Waals surface area contributed by atoms with E-state index in [0.29, 0.717) is 0 Å². The van der Waals surface area contributed by atoms with Crippen LogP contribution in [0.15, 0.2) is 18.3 Å². The molecule has 0 bridgehead atoms. The number of hydrogen-bond donors (Lipinski definition) is 0. The Hall–Kier alpha value is -1.48. The third kappa shape index (κ3) is 1.16. The second-order valence-electron chi connectivity index (χ2n) is 4.03. The summed E-state index contributed by atoms with van der Waals surface area (Å²) in [6.45, 7) is 1.87. The molecular weight excluding hydrogens is 186 g/mol. The highest BCUT2D eigenvalue weighted by Gasteiger charge is 2.12. The van der Waals surface area contributed by atoms with Crippen LogP contribution in [0.3, 0.4) is 0 Å². The lowest BCUT2D eigenvalue weighted by atomic mass is 10.1. The van der Waals surface area contributed by atoms with Gasteiger partial charge in [-0.3, -0.25) is 12.0 Å². The minimum Gasteiger partial charge on any atom is -0.482 e. The van der Waals surface area contributed by atoms with Crippen LogP contribution in [0, 0.1) is 14.1 Å². The SMILES string of the molecule is [CH2-]N1CCc2c(n([CH2-])c3cccnc23)C1. The zero-order valence-electron chi connectivity index (χ0n) is 8.61. The standard InChI is InChI=1S/C12H13N3/c1-14-7-5-9-11(8-14)15(2)10-4-3-6-13-12(9)10/h3-4,6H,1-2,5,7-8H2/q-2. The maximum atomic E-state index is 4.44. The van der Waals surface area contributed by atoms with Gasteiger partial charge in [0.25, 0.3) is 0 Å². The molecule has 3 heterocycles. The first-order valence-corrected chi connectivity index (χ1v) is 5.11. The van der Waals surface area contributed by atoms with Gasteiger partial charge in [0.1, 0.15) is 0 Å². The topological polar surface area (TPSA) is 21.1 Å². The van der Waals surface area contributed by atoms with Crippen LogP contribution < -0.4 is 0 Å². The lowest BCUT2D eigenvalue weighted by Crippen LogP contribution is -2.25. The van der Waals surface area contributed by atoms with Crippen molar-refractivity contribution in [1.29, 1.82) is 0 Å². The molecule has 78 valence electrons. The molecule has 0 saturated heterocycles. The molecule has 3 heteroatoms. The van der Waals surface area contributed by atoms with Crippen LogP contribution in [0.1, 0.15) is 11.3 Å². The number of pyridine rings is 1. The summed E-state index contributed by atoms with van der Waals surface area (Å²) in [5.74, 6) is 0. The Morgan fingerprint density at radius 2 is 2.20 bits per heavy atom. The Labute approximate surface area is 89.3 Å². The van der Waals surface area contributed by atoms with Gasteiger partial charge in [0.2, 0.25) is 0 Å². The van der Waals surface area contributed by atoms with E-state index >= 15 is 0 Å². The Bertz CT molecular complexity index is 513. The van der Waals surface area contributed by atoms with Crippen molar-refractivity contribution >= 4 is 11.0 Å². The second kappa shape index (κ2) is 3.00. The van der Waals surface area contributed by atoms with Crippen molar-refractivity contribution in [3.63, 3.8) is 0 Å². The van der Waals surface area contributed by atoms with Crippen molar-refractivity contribution in [2.75, 3.05) is 6.54 Å². The van der Waals surface area contributed by atoms with Crippen molar-refractivity contribution in [2.45, 2.75) is 13.0 Å². The average Bonchev–Trinajstić information content (AvgIpc) is 2.54. The summed E-state index contributed by atoms with van der Waals surface area (Å²) in [6, 6.07) is 4.03. The van der Waals surface area contributed by atoms with E-state index < -0.39 is 0 Å². The van der Waals surface area contributed by atoms with E-state index in [-0.39, 0.29) is 0 Å². The number of fused-ring (bicyclic) bond motifs is 3. The van der Waals surface area contributed by atoms with Crippen molar-refractivity contribution in [1.82, 2.24) is 14.5 Å². The van der Waals surface area contributed by atoms with Gasteiger partial charge in [-0.05, 0) is 25.0 Å². The first-order valence-electron chi connectivity index (χ1n) is 5.11. The third-order valence-corrected chi connectivity index (χ3v) is 3.09. The molecule has 2 aromatic heterocycles. The molecule has 2 aromatic rings. The summed E-state index contributed by atoms with van der Waals surface area (Å²) in [5.41, 5.74) is 4.83. The lowest BCUT2D eigenvalue weighted by Gasteiger charge is -2.34. The third-order valence-electron chi connectivity index (χ3n) is 3.09. The Kier molecular flexibility index (Phi) is 1.76. The number of hydrogen-bond acceptors (Lipinski definition) is 2. The molecule has 1 aliphatic rings. The van der Waals surface area contributed by atoms with E-state index in [4.69, 9.17) is 0 Å². The number of rotatable bonds is 0. The molecule has 0 aromatic carbocycles. The van der Waals surface area contributed by atoms with Crippen molar-refractivity contribution in [3.8, 4) is 0 Å². The summed E-state index contributed by atoms with van der Waals surface area (Å²) in [7, 11) is 8.06. The first-order chi connectivity index (χ1) is 7.27. The molecule has 0 spiro atoms. The maximum absolute atomic E-state index is 4.44. The molecule has 0 aliphatic carbocycles. The first kappa shape index (κ1) is 8.80. The highest BCUT2D eigenvalue weighted by atomic mass is 15.1. The van der Waals surface area contributed by atoms with Gasteiger partial charge >= 0.3 is 0 Å². The van der Waals surface area contributed by atoms with Gasteiger partial charge in [0.15, 0.2) is 0 Å². The summed E-state index contributed by atoms with van der Waals surface area (Å²) < 4.78 is 2.00. The van der Waals surface area contributed by atoms with E-state index in [1.54, 1.807) is 0 Å². The summed E-state index contributed by atoms with van der Waals surface area (Å²) in [5, 5.41) is 0. The van der Waals surface area contributed by atoms with E-state index in [1.807, 2.05) is 16.8 Å². The van der Waals surface area contributed by atoms with Crippen LogP contribution in [-0.4, -0.2) is 21.0 Å². The fraction of sp³-hybridized carbons (Fsp3) is 0.250. The lowest BCUT2D eigenvalue weighted by molar-refractivity contribution is 0.341. The predicted octanol–water partition coefficient (Wildman–Crippen LogP) is 1.83.